The van der Waals surface area contributed by atoms with Crippen molar-refractivity contribution < 1.29 is 23.9 Å². The molecule has 1 aromatic rings. The average Bonchev–Trinajstić information content (AvgIpc) is 3.33. The molecule has 1 saturated carbocycles. The summed E-state index contributed by atoms with van der Waals surface area (Å²) in [6.45, 7) is -0.167. The van der Waals surface area contributed by atoms with Crippen LogP contribution in [0.1, 0.15) is 12.0 Å². The minimum absolute atomic E-state index is 0.167. The maximum atomic E-state index is 12.5. The van der Waals surface area contributed by atoms with Crippen molar-refractivity contribution in [3.05, 3.63) is 42.0 Å². The number of amides is 2. The summed E-state index contributed by atoms with van der Waals surface area (Å²) in [7, 11) is 1.29. The molecule has 7 nitrogen and oxygen atoms in total. The summed E-state index contributed by atoms with van der Waals surface area (Å²) in [6, 6.07) is 6.81. The number of esters is 1. The van der Waals surface area contributed by atoms with Gasteiger partial charge in [-0.15, -0.1) is 0 Å². The van der Waals surface area contributed by atoms with E-state index >= 15 is 0 Å². The maximum Gasteiger partial charge on any atom is 0.343 e. The van der Waals surface area contributed by atoms with Gasteiger partial charge in [-0.2, -0.15) is 10.1 Å². The predicted octanol–water partition coefficient (Wildman–Crippen LogP) is 1.38. The Morgan fingerprint density at radius 3 is 2.35 bits per heavy atom. The second-order valence-electron chi connectivity index (χ2n) is 6.67. The standard InChI is InChI=1S/C19H18N2O5/c1-25-15(22)10-26-14-6-2-11(3-7-14)9-20-21-18(23)16-12-4-5-13(8-12)17(16)19(21)24/h2-7,9,12-13,16-17H,8,10H2,1H3/t12-,13-,16-,17+/m0/s1. The lowest BCUT2D eigenvalue weighted by Crippen LogP contribution is -2.28. The molecule has 0 unspecified atom stereocenters. The average molecular weight is 354 g/mol. The third-order valence-electron chi connectivity index (χ3n) is 5.23. The van der Waals surface area contributed by atoms with E-state index in [0.29, 0.717) is 11.3 Å². The molecule has 0 spiro atoms. The fourth-order valence-electron chi connectivity index (χ4n) is 3.98. The number of hydrogen-bond donors (Lipinski definition) is 0. The van der Waals surface area contributed by atoms with Gasteiger partial charge in [-0.05, 0) is 48.1 Å². The van der Waals surface area contributed by atoms with Gasteiger partial charge in [0.15, 0.2) is 6.61 Å². The van der Waals surface area contributed by atoms with Crippen LogP contribution < -0.4 is 4.74 Å². The van der Waals surface area contributed by atoms with Crippen molar-refractivity contribution in [3.63, 3.8) is 0 Å². The van der Waals surface area contributed by atoms with Gasteiger partial charge >= 0.3 is 5.97 Å². The maximum absolute atomic E-state index is 12.5. The van der Waals surface area contributed by atoms with Gasteiger partial charge in [0.25, 0.3) is 11.8 Å². The molecule has 7 heteroatoms. The summed E-state index contributed by atoms with van der Waals surface area (Å²) in [4.78, 5) is 36.1. The first kappa shape index (κ1) is 16.5. The number of hydrazone groups is 1. The fraction of sp³-hybridized carbons (Fsp3) is 0.368. The van der Waals surface area contributed by atoms with E-state index in [9.17, 15) is 14.4 Å². The molecule has 0 aromatic heterocycles. The highest BCUT2D eigenvalue weighted by Crippen LogP contribution is 2.52. The highest BCUT2D eigenvalue weighted by molar-refractivity contribution is 6.06. The van der Waals surface area contributed by atoms with Crippen molar-refractivity contribution >= 4 is 24.0 Å². The van der Waals surface area contributed by atoms with Gasteiger partial charge in [0.2, 0.25) is 0 Å². The van der Waals surface area contributed by atoms with Gasteiger partial charge in [-0.3, -0.25) is 9.59 Å². The zero-order chi connectivity index (χ0) is 18.3. The minimum Gasteiger partial charge on any atom is -0.482 e. The second kappa shape index (κ2) is 6.40. The van der Waals surface area contributed by atoms with Crippen molar-refractivity contribution in [3.8, 4) is 5.75 Å². The third-order valence-corrected chi connectivity index (χ3v) is 5.23. The number of rotatable bonds is 5. The quantitative estimate of drug-likeness (QED) is 0.345. The Hall–Kier alpha value is -2.96. The zero-order valence-corrected chi connectivity index (χ0v) is 14.2. The Kier molecular flexibility index (Phi) is 4.06. The number of nitrogens with zero attached hydrogens (tertiary/aromatic N) is 2. The van der Waals surface area contributed by atoms with E-state index < -0.39 is 5.97 Å². The van der Waals surface area contributed by atoms with Crippen LogP contribution in [0.5, 0.6) is 5.75 Å². The number of hydrogen-bond acceptors (Lipinski definition) is 6. The molecule has 1 heterocycles. The molecule has 0 radical (unpaired) electrons. The van der Waals surface area contributed by atoms with E-state index in [2.05, 4.69) is 22.0 Å². The van der Waals surface area contributed by atoms with Crippen molar-refractivity contribution in [2.45, 2.75) is 6.42 Å². The van der Waals surface area contributed by atoms with Crippen LogP contribution in [0.4, 0.5) is 0 Å². The van der Waals surface area contributed by atoms with Gasteiger partial charge in [-0.1, -0.05) is 12.2 Å². The second-order valence-corrected chi connectivity index (χ2v) is 6.67. The highest BCUT2D eigenvalue weighted by Gasteiger charge is 2.59. The Morgan fingerprint density at radius 1 is 1.15 bits per heavy atom. The van der Waals surface area contributed by atoms with Gasteiger partial charge in [-0.25, -0.2) is 4.79 Å². The molecule has 2 amide bonds. The molecule has 2 aliphatic carbocycles. The lowest BCUT2D eigenvalue weighted by atomic mass is 9.85. The molecule has 134 valence electrons. The molecule has 1 saturated heterocycles. The van der Waals surface area contributed by atoms with Crippen LogP contribution in [0.2, 0.25) is 0 Å². The number of imide groups is 1. The van der Waals surface area contributed by atoms with E-state index in [4.69, 9.17) is 4.74 Å². The first-order chi connectivity index (χ1) is 12.6. The Labute approximate surface area is 150 Å². The lowest BCUT2D eigenvalue weighted by Gasteiger charge is -2.13. The number of methoxy groups -OCH3 is 1. The van der Waals surface area contributed by atoms with E-state index in [1.165, 1.54) is 13.3 Å². The number of carbonyl (C=O) groups excluding carboxylic acids is 3. The van der Waals surface area contributed by atoms with E-state index in [0.717, 1.165) is 11.4 Å². The van der Waals surface area contributed by atoms with Gasteiger partial charge in [0.05, 0.1) is 25.2 Å². The van der Waals surface area contributed by atoms with Gasteiger partial charge in [0, 0.05) is 0 Å². The topological polar surface area (TPSA) is 85.3 Å². The Morgan fingerprint density at radius 2 is 1.77 bits per heavy atom. The molecule has 2 fully saturated rings. The molecule has 2 bridgehead atoms. The Balaban J connectivity index is 1.41. The number of fused-ring (bicyclic) bond motifs is 5. The number of allylic oxidation sites excluding steroid dienone is 2. The first-order valence-electron chi connectivity index (χ1n) is 8.48. The SMILES string of the molecule is COC(=O)COc1ccc(C=NN2C(=O)[C@@H]3[C@H](C2=O)[C@H]2C=C[C@H]3C2)cc1. The minimum atomic E-state index is -0.462. The number of ether oxygens (including phenoxy) is 2. The summed E-state index contributed by atoms with van der Waals surface area (Å²) in [5.74, 6) is -0.501. The molecular weight excluding hydrogens is 336 g/mol. The lowest BCUT2D eigenvalue weighted by molar-refractivity contribution is -0.143. The van der Waals surface area contributed by atoms with Crippen LogP contribution >= 0.6 is 0 Å². The molecule has 1 aliphatic heterocycles. The molecule has 26 heavy (non-hydrogen) atoms. The van der Waals surface area contributed by atoms with Crippen LogP contribution in [-0.2, 0) is 19.1 Å². The summed E-state index contributed by atoms with van der Waals surface area (Å²) >= 11 is 0. The number of carbonyl (C=O) groups is 3. The highest BCUT2D eigenvalue weighted by atomic mass is 16.6. The van der Waals surface area contributed by atoms with Crippen molar-refractivity contribution in [1.29, 1.82) is 0 Å². The fourth-order valence-corrected chi connectivity index (χ4v) is 3.98. The van der Waals surface area contributed by atoms with E-state index in [1.807, 2.05) is 0 Å². The van der Waals surface area contributed by atoms with Crippen LogP contribution in [0.25, 0.3) is 0 Å². The zero-order valence-electron chi connectivity index (χ0n) is 14.2. The normalized spacial score (nSPS) is 28.9. The van der Waals surface area contributed by atoms with Crippen molar-refractivity contribution in [2.75, 3.05) is 13.7 Å². The number of benzene rings is 1. The Bertz CT molecular complexity index is 784. The molecule has 0 N–H and O–H groups in total. The van der Waals surface area contributed by atoms with Gasteiger partial charge < -0.3 is 9.47 Å². The van der Waals surface area contributed by atoms with Crippen LogP contribution in [0, 0.1) is 23.7 Å². The summed E-state index contributed by atoms with van der Waals surface area (Å²) in [5.41, 5.74) is 0.717. The first-order valence-corrected chi connectivity index (χ1v) is 8.48. The molecular formula is C19H18N2O5. The largest absolute Gasteiger partial charge is 0.482 e. The smallest absolute Gasteiger partial charge is 0.343 e. The summed E-state index contributed by atoms with van der Waals surface area (Å²) < 4.78 is 9.77. The molecule has 4 rings (SSSR count). The van der Waals surface area contributed by atoms with Crippen LogP contribution in [0.15, 0.2) is 41.5 Å². The van der Waals surface area contributed by atoms with E-state index in [-0.39, 0.29) is 42.1 Å². The molecule has 3 aliphatic rings. The summed E-state index contributed by atoms with van der Waals surface area (Å²) in [5, 5.41) is 5.14. The molecule has 4 atom stereocenters. The third kappa shape index (κ3) is 2.69. The monoisotopic (exact) mass is 354 g/mol. The predicted molar refractivity (Wildman–Crippen MR) is 91.1 cm³/mol. The van der Waals surface area contributed by atoms with E-state index in [1.54, 1.807) is 24.3 Å². The summed E-state index contributed by atoms with van der Waals surface area (Å²) in [6.07, 6.45) is 6.49. The molecule has 1 aromatic carbocycles. The van der Waals surface area contributed by atoms with Gasteiger partial charge in [0.1, 0.15) is 5.75 Å². The van der Waals surface area contributed by atoms with Crippen LogP contribution in [-0.4, -0.2) is 42.7 Å². The van der Waals surface area contributed by atoms with Crippen LogP contribution in [0.3, 0.4) is 0 Å². The van der Waals surface area contributed by atoms with Crippen molar-refractivity contribution in [1.82, 2.24) is 5.01 Å². The van der Waals surface area contributed by atoms with Crippen molar-refractivity contribution in [2.24, 2.45) is 28.8 Å².